The SMILES string of the molecule is CC(CN)(NC(=O)c1ccc(N2CCNC2=O)cc1)C1CC1.Cl. The van der Waals surface area contributed by atoms with Gasteiger partial charge in [0.25, 0.3) is 5.91 Å². The van der Waals surface area contributed by atoms with E-state index in [2.05, 4.69) is 10.6 Å². The van der Waals surface area contributed by atoms with E-state index in [0.717, 1.165) is 18.5 Å². The van der Waals surface area contributed by atoms with Crippen LogP contribution < -0.4 is 21.3 Å². The van der Waals surface area contributed by atoms with Crippen LogP contribution in [0.25, 0.3) is 0 Å². The van der Waals surface area contributed by atoms with Crippen LogP contribution in [0, 0.1) is 5.92 Å². The van der Waals surface area contributed by atoms with Gasteiger partial charge < -0.3 is 16.4 Å². The zero-order chi connectivity index (χ0) is 15.7. The number of carbonyl (C=O) groups is 2. The summed E-state index contributed by atoms with van der Waals surface area (Å²) in [6.07, 6.45) is 2.24. The van der Waals surface area contributed by atoms with E-state index in [-0.39, 0.29) is 29.9 Å². The Morgan fingerprint density at radius 2 is 2.04 bits per heavy atom. The lowest BCUT2D eigenvalue weighted by Gasteiger charge is -2.29. The minimum atomic E-state index is -0.329. The highest BCUT2D eigenvalue weighted by Crippen LogP contribution is 2.39. The Kier molecular flexibility index (Phi) is 5.16. The largest absolute Gasteiger partial charge is 0.345 e. The number of benzene rings is 1. The molecule has 1 heterocycles. The highest BCUT2D eigenvalue weighted by molar-refractivity contribution is 5.97. The second-order valence-electron chi connectivity index (χ2n) is 6.28. The molecular formula is C16H23ClN4O2. The van der Waals surface area contributed by atoms with Gasteiger partial charge in [-0.3, -0.25) is 9.69 Å². The molecule has 23 heavy (non-hydrogen) atoms. The van der Waals surface area contributed by atoms with E-state index in [4.69, 9.17) is 5.73 Å². The van der Waals surface area contributed by atoms with Crippen molar-refractivity contribution in [1.29, 1.82) is 0 Å². The Hall–Kier alpha value is -1.79. The van der Waals surface area contributed by atoms with Gasteiger partial charge in [0, 0.05) is 30.9 Å². The van der Waals surface area contributed by atoms with E-state index in [1.807, 2.05) is 6.92 Å². The lowest BCUT2D eigenvalue weighted by molar-refractivity contribution is 0.0898. The maximum absolute atomic E-state index is 12.4. The first-order valence-corrected chi connectivity index (χ1v) is 7.71. The summed E-state index contributed by atoms with van der Waals surface area (Å²) in [4.78, 5) is 25.7. The molecule has 3 rings (SSSR count). The van der Waals surface area contributed by atoms with Crippen LogP contribution >= 0.6 is 12.4 Å². The van der Waals surface area contributed by atoms with Crippen molar-refractivity contribution < 1.29 is 9.59 Å². The summed E-state index contributed by atoms with van der Waals surface area (Å²) < 4.78 is 0. The molecule has 0 radical (unpaired) electrons. The first-order chi connectivity index (χ1) is 10.5. The van der Waals surface area contributed by atoms with E-state index in [9.17, 15) is 9.59 Å². The predicted molar refractivity (Wildman–Crippen MR) is 92.1 cm³/mol. The summed E-state index contributed by atoms with van der Waals surface area (Å²) in [5.41, 5.74) is 6.89. The molecule has 6 nitrogen and oxygen atoms in total. The van der Waals surface area contributed by atoms with Crippen molar-refractivity contribution in [1.82, 2.24) is 10.6 Å². The van der Waals surface area contributed by atoms with E-state index < -0.39 is 0 Å². The third kappa shape index (κ3) is 3.59. The fraction of sp³-hybridized carbons (Fsp3) is 0.500. The summed E-state index contributed by atoms with van der Waals surface area (Å²) in [5.74, 6) is 0.367. The number of halogens is 1. The molecule has 1 saturated heterocycles. The van der Waals surface area contributed by atoms with E-state index >= 15 is 0 Å². The van der Waals surface area contributed by atoms with Crippen molar-refractivity contribution >= 4 is 30.0 Å². The maximum Gasteiger partial charge on any atom is 0.321 e. The average Bonchev–Trinajstić information content (AvgIpc) is 3.30. The molecule has 1 aromatic carbocycles. The summed E-state index contributed by atoms with van der Waals surface area (Å²) in [6, 6.07) is 7.01. The number of anilines is 1. The van der Waals surface area contributed by atoms with Gasteiger partial charge in [0.2, 0.25) is 0 Å². The minimum Gasteiger partial charge on any atom is -0.345 e. The molecule has 1 aliphatic heterocycles. The van der Waals surface area contributed by atoms with Crippen LogP contribution in [-0.2, 0) is 0 Å². The van der Waals surface area contributed by atoms with Gasteiger partial charge in [-0.05, 0) is 49.9 Å². The summed E-state index contributed by atoms with van der Waals surface area (Å²) >= 11 is 0. The van der Waals surface area contributed by atoms with E-state index in [1.165, 1.54) is 0 Å². The Morgan fingerprint density at radius 3 is 2.52 bits per heavy atom. The topological polar surface area (TPSA) is 87.5 Å². The Labute approximate surface area is 142 Å². The molecule has 1 aromatic rings. The number of nitrogens with one attached hydrogen (secondary N) is 2. The number of hydrogen-bond acceptors (Lipinski definition) is 3. The number of amides is 3. The molecule has 2 fully saturated rings. The number of nitrogens with two attached hydrogens (primary N) is 1. The minimum absolute atomic E-state index is 0. The molecule has 0 spiro atoms. The van der Waals surface area contributed by atoms with Crippen molar-refractivity contribution in [3.05, 3.63) is 29.8 Å². The van der Waals surface area contributed by atoms with E-state index in [0.29, 0.717) is 31.1 Å². The fourth-order valence-corrected chi connectivity index (χ4v) is 2.88. The quantitative estimate of drug-likeness (QED) is 0.760. The van der Waals surface area contributed by atoms with Crippen molar-refractivity contribution in [2.75, 3.05) is 24.5 Å². The number of nitrogens with zero attached hydrogens (tertiary/aromatic N) is 1. The molecule has 1 atom stereocenters. The zero-order valence-electron chi connectivity index (χ0n) is 13.2. The summed E-state index contributed by atoms with van der Waals surface area (Å²) in [7, 11) is 0. The normalized spacial score (nSPS) is 19.6. The Bertz CT molecular complexity index is 588. The van der Waals surface area contributed by atoms with Crippen molar-refractivity contribution in [3.8, 4) is 0 Å². The molecule has 0 aromatic heterocycles. The number of carbonyl (C=O) groups excluding carboxylic acids is 2. The zero-order valence-corrected chi connectivity index (χ0v) is 14.0. The molecule has 3 amide bonds. The van der Waals surface area contributed by atoms with Crippen molar-refractivity contribution in [3.63, 3.8) is 0 Å². The van der Waals surface area contributed by atoms with Gasteiger partial charge in [0.1, 0.15) is 0 Å². The van der Waals surface area contributed by atoms with E-state index in [1.54, 1.807) is 29.2 Å². The molecule has 2 aliphatic rings. The highest BCUT2D eigenvalue weighted by Gasteiger charge is 2.41. The van der Waals surface area contributed by atoms with Gasteiger partial charge in [-0.25, -0.2) is 4.79 Å². The monoisotopic (exact) mass is 338 g/mol. The molecule has 126 valence electrons. The standard InChI is InChI=1S/C16H22N4O2.ClH/c1-16(10-17,12-4-5-12)19-14(21)11-2-6-13(7-3-11)20-9-8-18-15(20)22;/h2-3,6-7,12H,4-5,8-10,17H2,1H3,(H,18,22)(H,19,21);1H. The third-order valence-electron chi connectivity index (χ3n) is 4.60. The fourth-order valence-electron chi connectivity index (χ4n) is 2.88. The molecule has 7 heteroatoms. The van der Waals surface area contributed by atoms with Gasteiger partial charge >= 0.3 is 6.03 Å². The van der Waals surface area contributed by atoms with Crippen LogP contribution in [0.2, 0.25) is 0 Å². The van der Waals surface area contributed by atoms with Crippen molar-refractivity contribution in [2.24, 2.45) is 11.7 Å². The highest BCUT2D eigenvalue weighted by atomic mass is 35.5. The van der Waals surface area contributed by atoms with Gasteiger partial charge in [-0.2, -0.15) is 0 Å². The van der Waals surface area contributed by atoms with Crippen LogP contribution in [0.5, 0.6) is 0 Å². The maximum atomic E-state index is 12.4. The van der Waals surface area contributed by atoms with Crippen molar-refractivity contribution in [2.45, 2.75) is 25.3 Å². The van der Waals surface area contributed by atoms with Crippen LogP contribution in [0.3, 0.4) is 0 Å². The van der Waals surface area contributed by atoms with Gasteiger partial charge in [-0.1, -0.05) is 0 Å². The molecule has 1 aliphatic carbocycles. The molecule has 4 N–H and O–H groups in total. The summed E-state index contributed by atoms with van der Waals surface area (Å²) in [6.45, 7) is 3.75. The van der Waals surface area contributed by atoms with Crippen LogP contribution in [-0.4, -0.2) is 37.1 Å². The lowest BCUT2D eigenvalue weighted by Crippen LogP contribution is -2.53. The molecular weight excluding hydrogens is 316 g/mol. The van der Waals surface area contributed by atoms with Crippen LogP contribution in [0.15, 0.2) is 24.3 Å². The summed E-state index contributed by atoms with van der Waals surface area (Å²) in [5, 5.41) is 5.82. The van der Waals surface area contributed by atoms with Crippen LogP contribution in [0.4, 0.5) is 10.5 Å². The lowest BCUT2D eigenvalue weighted by atomic mass is 9.95. The van der Waals surface area contributed by atoms with Crippen LogP contribution in [0.1, 0.15) is 30.1 Å². The molecule has 1 unspecified atom stereocenters. The van der Waals surface area contributed by atoms with Gasteiger partial charge in [0.05, 0.1) is 5.54 Å². The predicted octanol–water partition coefficient (Wildman–Crippen LogP) is 1.50. The second-order valence-corrected chi connectivity index (χ2v) is 6.28. The van der Waals surface area contributed by atoms with Gasteiger partial charge in [-0.15, -0.1) is 12.4 Å². The first kappa shape index (κ1) is 17.6. The first-order valence-electron chi connectivity index (χ1n) is 7.71. The number of rotatable bonds is 5. The third-order valence-corrected chi connectivity index (χ3v) is 4.60. The van der Waals surface area contributed by atoms with Gasteiger partial charge in [0.15, 0.2) is 0 Å². The second kappa shape index (κ2) is 6.76. The smallest absolute Gasteiger partial charge is 0.321 e. The number of urea groups is 1. The average molecular weight is 339 g/mol. The molecule has 1 saturated carbocycles. The number of hydrogen-bond donors (Lipinski definition) is 3. The Morgan fingerprint density at radius 1 is 1.39 bits per heavy atom. The Balaban J connectivity index is 0.00000192. The molecule has 0 bridgehead atoms.